The van der Waals surface area contributed by atoms with Gasteiger partial charge in [-0.2, -0.15) is 0 Å². The molecule has 0 radical (unpaired) electrons. The molecule has 0 aromatic heterocycles. The molecule has 1 fully saturated rings. The number of halogens is 1. The normalized spacial score (nSPS) is 20.8. The van der Waals surface area contributed by atoms with Gasteiger partial charge in [-0.15, -0.1) is 0 Å². The van der Waals surface area contributed by atoms with E-state index in [9.17, 15) is 4.79 Å². The minimum atomic E-state index is -0.259. The molecule has 3 nitrogen and oxygen atoms in total. The second-order valence-electron chi connectivity index (χ2n) is 7.20. The first-order chi connectivity index (χ1) is 12.1. The Balaban J connectivity index is 1.77. The van der Waals surface area contributed by atoms with Crippen LogP contribution in [0.4, 0.5) is 5.69 Å². The van der Waals surface area contributed by atoms with Gasteiger partial charge >= 0.3 is 5.97 Å². The van der Waals surface area contributed by atoms with E-state index in [0.29, 0.717) is 11.6 Å². The largest absolute Gasteiger partial charge is 0.465 e. The number of benzene rings is 2. The van der Waals surface area contributed by atoms with Crippen LogP contribution in [0, 0.1) is 0 Å². The first-order valence-corrected chi connectivity index (χ1v) is 9.65. The number of nitrogens with one attached hydrogen (secondary N) is 1. The Morgan fingerprint density at radius 1 is 1.20 bits per heavy atom. The van der Waals surface area contributed by atoms with E-state index in [0.717, 1.165) is 16.6 Å². The van der Waals surface area contributed by atoms with Crippen molar-refractivity contribution >= 4 is 27.6 Å². The van der Waals surface area contributed by atoms with Crippen LogP contribution in [0.2, 0.25) is 0 Å². The fourth-order valence-corrected chi connectivity index (χ4v) is 4.96. The van der Waals surface area contributed by atoms with Crippen molar-refractivity contribution < 1.29 is 9.53 Å². The maximum atomic E-state index is 12.0. The quantitative estimate of drug-likeness (QED) is 0.667. The van der Waals surface area contributed by atoms with Gasteiger partial charge in [0.1, 0.15) is 0 Å². The van der Waals surface area contributed by atoms with Crippen molar-refractivity contribution in [1.29, 1.82) is 0 Å². The average Bonchev–Trinajstić information content (AvgIpc) is 3.09. The minimum absolute atomic E-state index is 0.164. The van der Waals surface area contributed by atoms with E-state index >= 15 is 0 Å². The Morgan fingerprint density at radius 3 is 2.72 bits per heavy atom. The lowest BCUT2D eigenvalue weighted by atomic mass is 9.69. The molecule has 0 bridgehead atoms. The number of rotatable bonds is 2. The highest BCUT2D eigenvalue weighted by Gasteiger charge is 2.43. The summed E-state index contributed by atoms with van der Waals surface area (Å²) in [6.45, 7) is 0. The lowest BCUT2D eigenvalue weighted by Gasteiger charge is -2.41. The summed E-state index contributed by atoms with van der Waals surface area (Å²) in [6, 6.07) is 14.8. The van der Waals surface area contributed by atoms with Crippen molar-refractivity contribution in [3.63, 3.8) is 0 Å². The van der Waals surface area contributed by atoms with Gasteiger partial charge in [0.05, 0.1) is 18.7 Å². The smallest absolute Gasteiger partial charge is 0.337 e. The molecule has 1 atom stereocenters. The van der Waals surface area contributed by atoms with Crippen LogP contribution in [0.3, 0.4) is 0 Å². The summed E-state index contributed by atoms with van der Waals surface area (Å²) < 4.78 is 6.03. The fourth-order valence-electron chi connectivity index (χ4n) is 4.54. The van der Waals surface area contributed by atoms with Crippen molar-refractivity contribution in [2.45, 2.75) is 43.6 Å². The predicted octanol–water partition coefficient (Wildman–Crippen LogP) is 5.60. The maximum Gasteiger partial charge on any atom is 0.337 e. The van der Waals surface area contributed by atoms with Crippen molar-refractivity contribution in [2.24, 2.45) is 0 Å². The number of methoxy groups -OCH3 is 1. The SMILES string of the molecule is COC(=O)c1ccc2c(c1)C1(CCCC1)CC(c1cccc(Br)c1)N2. The zero-order valence-electron chi connectivity index (χ0n) is 14.3. The molecule has 1 unspecified atom stereocenters. The van der Waals surface area contributed by atoms with Gasteiger partial charge < -0.3 is 10.1 Å². The zero-order chi connectivity index (χ0) is 17.4. The average molecular weight is 400 g/mol. The van der Waals surface area contributed by atoms with Gasteiger partial charge in [-0.3, -0.25) is 0 Å². The van der Waals surface area contributed by atoms with Crippen LogP contribution in [0.15, 0.2) is 46.9 Å². The van der Waals surface area contributed by atoms with Gasteiger partial charge in [0.15, 0.2) is 0 Å². The van der Waals surface area contributed by atoms with Crippen molar-refractivity contribution in [3.05, 3.63) is 63.6 Å². The van der Waals surface area contributed by atoms with Gasteiger partial charge in [-0.1, -0.05) is 40.9 Å². The first-order valence-electron chi connectivity index (χ1n) is 8.86. The Labute approximate surface area is 156 Å². The number of hydrogen-bond donors (Lipinski definition) is 1. The highest BCUT2D eigenvalue weighted by atomic mass is 79.9. The van der Waals surface area contributed by atoms with E-state index in [4.69, 9.17) is 4.74 Å². The molecule has 1 heterocycles. The molecule has 0 amide bonds. The monoisotopic (exact) mass is 399 g/mol. The van der Waals surface area contributed by atoms with E-state index in [1.807, 2.05) is 12.1 Å². The van der Waals surface area contributed by atoms with Crippen molar-refractivity contribution in [3.8, 4) is 0 Å². The number of hydrogen-bond acceptors (Lipinski definition) is 3. The van der Waals surface area contributed by atoms with E-state index in [1.54, 1.807) is 0 Å². The highest BCUT2D eigenvalue weighted by molar-refractivity contribution is 9.10. The van der Waals surface area contributed by atoms with Crippen LogP contribution in [0.5, 0.6) is 0 Å². The second kappa shape index (κ2) is 6.49. The summed E-state index contributed by atoms with van der Waals surface area (Å²) in [5, 5.41) is 3.70. The lowest BCUT2D eigenvalue weighted by molar-refractivity contribution is 0.0600. The topological polar surface area (TPSA) is 38.3 Å². The Hall–Kier alpha value is -1.81. The summed E-state index contributed by atoms with van der Waals surface area (Å²) in [6.07, 6.45) is 5.97. The molecule has 25 heavy (non-hydrogen) atoms. The number of carbonyl (C=O) groups excluding carboxylic acids is 1. The Bertz CT molecular complexity index is 811. The van der Waals surface area contributed by atoms with Crippen LogP contribution in [-0.4, -0.2) is 13.1 Å². The van der Waals surface area contributed by atoms with E-state index < -0.39 is 0 Å². The van der Waals surface area contributed by atoms with Crippen LogP contribution < -0.4 is 5.32 Å². The second-order valence-corrected chi connectivity index (χ2v) is 8.11. The van der Waals surface area contributed by atoms with Crippen LogP contribution in [0.1, 0.15) is 59.6 Å². The van der Waals surface area contributed by atoms with E-state index in [1.165, 1.54) is 43.9 Å². The molecule has 2 aromatic carbocycles. The van der Waals surface area contributed by atoms with Crippen LogP contribution >= 0.6 is 15.9 Å². The lowest BCUT2D eigenvalue weighted by Crippen LogP contribution is -2.34. The maximum absolute atomic E-state index is 12.0. The third-order valence-corrected chi connectivity index (χ3v) is 6.24. The molecule has 2 aromatic rings. The molecular weight excluding hydrogens is 378 g/mol. The van der Waals surface area contributed by atoms with Crippen molar-refractivity contribution in [2.75, 3.05) is 12.4 Å². The van der Waals surface area contributed by atoms with Gasteiger partial charge in [-0.05, 0) is 66.1 Å². The third kappa shape index (κ3) is 2.97. The first kappa shape index (κ1) is 16.6. The number of esters is 1. The molecular formula is C21H22BrNO2. The van der Waals surface area contributed by atoms with Crippen LogP contribution in [-0.2, 0) is 10.2 Å². The summed E-state index contributed by atoms with van der Waals surface area (Å²) in [7, 11) is 1.44. The fraction of sp³-hybridized carbons (Fsp3) is 0.381. The van der Waals surface area contributed by atoms with Gasteiger partial charge in [0.25, 0.3) is 0 Å². The Kier molecular flexibility index (Phi) is 4.32. The third-order valence-electron chi connectivity index (χ3n) is 5.75. The standard InChI is InChI=1S/C21H22BrNO2/c1-25-20(24)15-7-8-18-17(12-15)21(9-2-3-10-21)13-19(23-18)14-5-4-6-16(22)11-14/h4-8,11-12,19,23H,2-3,9-10,13H2,1H3. The minimum Gasteiger partial charge on any atom is -0.465 e. The van der Waals surface area contributed by atoms with Crippen molar-refractivity contribution in [1.82, 2.24) is 0 Å². The molecule has 1 aliphatic heterocycles. The van der Waals surface area contributed by atoms with E-state index in [2.05, 4.69) is 51.6 Å². The molecule has 1 spiro atoms. The number of fused-ring (bicyclic) bond motifs is 2. The molecule has 1 N–H and O–H groups in total. The number of carbonyl (C=O) groups is 1. The van der Waals surface area contributed by atoms with Crippen LogP contribution in [0.25, 0.3) is 0 Å². The summed E-state index contributed by atoms with van der Waals surface area (Å²) >= 11 is 3.59. The van der Waals surface area contributed by atoms with Gasteiger partial charge in [0, 0.05) is 10.2 Å². The zero-order valence-corrected chi connectivity index (χ0v) is 15.9. The summed E-state index contributed by atoms with van der Waals surface area (Å²) in [5.74, 6) is -0.259. The number of anilines is 1. The molecule has 0 saturated heterocycles. The molecule has 4 rings (SSSR count). The molecule has 130 valence electrons. The Morgan fingerprint density at radius 2 is 2.00 bits per heavy atom. The van der Waals surface area contributed by atoms with Gasteiger partial charge in [-0.25, -0.2) is 4.79 Å². The van der Waals surface area contributed by atoms with E-state index in [-0.39, 0.29) is 11.4 Å². The summed E-state index contributed by atoms with van der Waals surface area (Å²) in [5.41, 5.74) is 4.57. The number of ether oxygens (including phenoxy) is 1. The highest BCUT2D eigenvalue weighted by Crippen LogP contribution is 2.53. The van der Waals surface area contributed by atoms with Gasteiger partial charge in [0.2, 0.25) is 0 Å². The molecule has 4 heteroatoms. The summed E-state index contributed by atoms with van der Waals surface area (Å²) in [4.78, 5) is 12.0. The molecule has 1 saturated carbocycles. The predicted molar refractivity (Wildman–Crippen MR) is 103 cm³/mol. The molecule has 2 aliphatic rings. The molecule has 1 aliphatic carbocycles.